The molecule has 2 rings (SSSR count). The summed E-state index contributed by atoms with van der Waals surface area (Å²) >= 11 is 0. The van der Waals surface area contributed by atoms with Gasteiger partial charge in [0.2, 0.25) is 0 Å². The van der Waals surface area contributed by atoms with Gasteiger partial charge in [-0.3, -0.25) is 4.90 Å². The third-order valence-corrected chi connectivity index (χ3v) is 2.70. The SMILES string of the molecule is C=CCCN1CCC2OC[C@@H]21. The third-order valence-electron chi connectivity index (χ3n) is 2.70. The smallest absolute Gasteiger partial charge is 0.0765 e. The van der Waals surface area contributed by atoms with Crippen LogP contribution in [0.1, 0.15) is 12.8 Å². The van der Waals surface area contributed by atoms with Gasteiger partial charge in [0.25, 0.3) is 0 Å². The topological polar surface area (TPSA) is 12.5 Å². The molecule has 11 heavy (non-hydrogen) atoms. The molecule has 2 aliphatic heterocycles. The van der Waals surface area contributed by atoms with Gasteiger partial charge < -0.3 is 4.74 Å². The van der Waals surface area contributed by atoms with Gasteiger partial charge in [0.1, 0.15) is 0 Å². The van der Waals surface area contributed by atoms with Gasteiger partial charge in [0.15, 0.2) is 0 Å². The molecule has 2 heterocycles. The largest absolute Gasteiger partial charge is 0.375 e. The van der Waals surface area contributed by atoms with Gasteiger partial charge in [0.05, 0.1) is 18.8 Å². The van der Waals surface area contributed by atoms with Gasteiger partial charge in [-0.15, -0.1) is 6.58 Å². The van der Waals surface area contributed by atoms with Crippen LogP contribution in [0.2, 0.25) is 0 Å². The van der Waals surface area contributed by atoms with Crippen molar-refractivity contribution >= 4 is 0 Å². The van der Waals surface area contributed by atoms with Crippen LogP contribution in [-0.2, 0) is 4.74 Å². The molecule has 2 aliphatic rings. The van der Waals surface area contributed by atoms with E-state index < -0.39 is 0 Å². The molecule has 0 aliphatic carbocycles. The highest BCUT2D eigenvalue weighted by Crippen LogP contribution is 2.28. The van der Waals surface area contributed by atoms with E-state index in [0.29, 0.717) is 6.10 Å². The average molecular weight is 153 g/mol. The third kappa shape index (κ3) is 1.21. The Kier molecular flexibility index (Phi) is 1.96. The van der Waals surface area contributed by atoms with Crippen LogP contribution in [0.25, 0.3) is 0 Å². The van der Waals surface area contributed by atoms with Gasteiger partial charge >= 0.3 is 0 Å². The van der Waals surface area contributed by atoms with Crippen molar-refractivity contribution in [1.29, 1.82) is 0 Å². The number of likely N-dealkylation sites (tertiary alicyclic amines) is 1. The lowest BCUT2D eigenvalue weighted by Gasteiger charge is -2.35. The van der Waals surface area contributed by atoms with E-state index in [0.717, 1.165) is 19.1 Å². The maximum absolute atomic E-state index is 5.40. The predicted molar refractivity (Wildman–Crippen MR) is 44.5 cm³/mol. The molecular formula is C9H15NO. The van der Waals surface area contributed by atoms with Crippen molar-refractivity contribution in [3.63, 3.8) is 0 Å². The van der Waals surface area contributed by atoms with Crippen LogP contribution in [-0.4, -0.2) is 36.7 Å². The van der Waals surface area contributed by atoms with E-state index in [4.69, 9.17) is 4.74 Å². The van der Waals surface area contributed by atoms with Crippen LogP contribution in [0.5, 0.6) is 0 Å². The molecule has 0 radical (unpaired) electrons. The van der Waals surface area contributed by atoms with Crippen LogP contribution < -0.4 is 0 Å². The fourth-order valence-corrected chi connectivity index (χ4v) is 1.93. The molecule has 0 aromatic carbocycles. The van der Waals surface area contributed by atoms with Crippen molar-refractivity contribution in [2.75, 3.05) is 19.7 Å². The average Bonchev–Trinajstić information content (AvgIpc) is 2.22. The molecule has 2 fully saturated rings. The molecule has 0 amide bonds. The predicted octanol–water partition coefficient (Wildman–Crippen LogP) is 1.04. The zero-order valence-electron chi connectivity index (χ0n) is 6.83. The van der Waals surface area contributed by atoms with E-state index in [-0.39, 0.29) is 0 Å². The lowest BCUT2D eigenvalue weighted by Crippen LogP contribution is -2.49. The Labute approximate surface area is 67.8 Å². The highest BCUT2D eigenvalue weighted by molar-refractivity contribution is 4.94. The second-order valence-electron chi connectivity index (χ2n) is 3.34. The first-order valence-electron chi connectivity index (χ1n) is 4.38. The molecular weight excluding hydrogens is 138 g/mol. The minimum Gasteiger partial charge on any atom is -0.375 e. The Morgan fingerprint density at radius 2 is 2.55 bits per heavy atom. The maximum Gasteiger partial charge on any atom is 0.0765 e. The number of nitrogens with zero attached hydrogens (tertiary/aromatic N) is 1. The number of fused-ring (bicyclic) bond motifs is 1. The second-order valence-corrected chi connectivity index (χ2v) is 3.34. The Morgan fingerprint density at radius 1 is 1.64 bits per heavy atom. The van der Waals surface area contributed by atoms with Crippen molar-refractivity contribution in [3.8, 4) is 0 Å². The molecule has 2 atom stereocenters. The molecule has 0 saturated carbocycles. The zero-order valence-corrected chi connectivity index (χ0v) is 6.83. The molecule has 62 valence electrons. The fourth-order valence-electron chi connectivity index (χ4n) is 1.93. The van der Waals surface area contributed by atoms with Gasteiger partial charge in [0, 0.05) is 13.1 Å². The highest BCUT2D eigenvalue weighted by atomic mass is 16.5. The van der Waals surface area contributed by atoms with Crippen molar-refractivity contribution in [3.05, 3.63) is 12.7 Å². The van der Waals surface area contributed by atoms with Gasteiger partial charge in [-0.2, -0.15) is 0 Å². The van der Waals surface area contributed by atoms with Crippen molar-refractivity contribution in [2.45, 2.75) is 25.0 Å². The maximum atomic E-state index is 5.40. The van der Waals surface area contributed by atoms with Crippen LogP contribution in [0.15, 0.2) is 12.7 Å². The lowest BCUT2D eigenvalue weighted by atomic mass is 10.1. The summed E-state index contributed by atoms with van der Waals surface area (Å²) in [5, 5.41) is 0. The van der Waals surface area contributed by atoms with E-state index in [1.165, 1.54) is 19.5 Å². The first kappa shape index (κ1) is 7.32. The Bertz CT molecular complexity index is 158. The monoisotopic (exact) mass is 153 g/mol. The van der Waals surface area contributed by atoms with Crippen LogP contribution in [0.3, 0.4) is 0 Å². The Hall–Kier alpha value is -0.340. The summed E-state index contributed by atoms with van der Waals surface area (Å²) in [6, 6.07) is 0.745. The zero-order chi connectivity index (χ0) is 7.68. The summed E-state index contributed by atoms with van der Waals surface area (Å²) in [6.07, 6.45) is 4.91. The van der Waals surface area contributed by atoms with Crippen LogP contribution in [0, 0.1) is 0 Å². The molecule has 1 unspecified atom stereocenters. The summed E-state index contributed by atoms with van der Waals surface area (Å²) in [5.41, 5.74) is 0. The number of hydrogen-bond donors (Lipinski definition) is 0. The molecule has 0 spiro atoms. The summed E-state index contributed by atoms with van der Waals surface area (Å²) in [7, 11) is 0. The van der Waals surface area contributed by atoms with Crippen LogP contribution in [0.4, 0.5) is 0 Å². The van der Waals surface area contributed by atoms with Gasteiger partial charge in [-0.25, -0.2) is 0 Å². The first-order chi connectivity index (χ1) is 5.42. The van der Waals surface area contributed by atoms with E-state index in [2.05, 4.69) is 11.5 Å². The fraction of sp³-hybridized carbons (Fsp3) is 0.778. The van der Waals surface area contributed by atoms with Crippen molar-refractivity contribution in [1.82, 2.24) is 4.90 Å². The molecule has 0 N–H and O–H groups in total. The first-order valence-corrected chi connectivity index (χ1v) is 4.38. The van der Waals surface area contributed by atoms with E-state index >= 15 is 0 Å². The Balaban J connectivity index is 1.80. The van der Waals surface area contributed by atoms with E-state index in [1.54, 1.807) is 0 Å². The summed E-state index contributed by atoms with van der Waals surface area (Å²) in [6.45, 7) is 7.09. The lowest BCUT2D eigenvalue weighted by molar-refractivity contribution is -0.0940. The summed E-state index contributed by atoms with van der Waals surface area (Å²) in [4.78, 5) is 2.52. The minimum atomic E-state index is 0.569. The van der Waals surface area contributed by atoms with Gasteiger partial charge in [-0.05, 0) is 12.8 Å². The molecule has 2 heteroatoms. The second kappa shape index (κ2) is 2.95. The Morgan fingerprint density at radius 3 is 3.09 bits per heavy atom. The van der Waals surface area contributed by atoms with E-state index in [1.807, 2.05) is 6.08 Å². The number of rotatable bonds is 3. The quantitative estimate of drug-likeness (QED) is 0.562. The van der Waals surface area contributed by atoms with Crippen LogP contribution >= 0.6 is 0 Å². The molecule has 0 aromatic rings. The molecule has 0 bridgehead atoms. The van der Waals surface area contributed by atoms with Gasteiger partial charge in [-0.1, -0.05) is 6.08 Å². The number of ether oxygens (including phenoxy) is 1. The highest BCUT2D eigenvalue weighted by Gasteiger charge is 2.41. The van der Waals surface area contributed by atoms with Crippen molar-refractivity contribution in [2.24, 2.45) is 0 Å². The molecule has 2 saturated heterocycles. The molecule has 2 nitrogen and oxygen atoms in total. The summed E-state index contributed by atoms with van der Waals surface area (Å²) in [5.74, 6) is 0. The van der Waals surface area contributed by atoms with Crippen molar-refractivity contribution < 1.29 is 4.74 Å². The molecule has 0 aromatic heterocycles. The normalized spacial score (nSPS) is 36.4. The number of hydrogen-bond acceptors (Lipinski definition) is 2. The van der Waals surface area contributed by atoms with E-state index in [9.17, 15) is 0 Å². The summed E-state index contributed by atoms with van der Waals surface area (Å²) < 4.78 is 5.40. The minimum absolute atomic E-state index is 0.569. The standard InChI is InChI=1S/C9H15NO/c1-2-3-5-10-6-4-9-8(10)7-11-9/h2,8-9H,1,3-7H2/t8-,9?/m0/s1.